The van der Waals surface area contributed by atoms with Gasteiger partial charge in [0.2, 0.25) is 0 Å². The summed E-state index contributed by atoms with van der Waals surface area (Å²) in [6, 6.07) is 10.2. The molecular weight excluding hydrogens is 322 g/mol. The Labute approximate surface area is 130 Å². The zero-order valence-corrected chi connectivity index (χ0v) is 12.4. The number of benzene rings is 2. The van der Waals surface area contributed by atoms with E-state index in [1.54, 1.807) is 18.2 Å². The first kappa shape index (κ1) is 16.1. The molecule has 21 heavy (non-hydrogen) atoms. The largest absolute Gasteiger partial charge is 0.416 e. The van der Waals surface area contributed by atoms with Gasteiger partial charge in [-0.15, -0.1) is 0 Å². The molecule has 0 aliphatic heterocycles. The molecule has 1 nitrogen and oxygen atoms in total. The number of alkyl halides is 3. The fraction of sp³-hybridized carbons (Fsp3) is 0.200. The van der Waals surface area contributed by atoms with E-state index in [1.165, 1.54) is 12.1 Å². The van der Waals surface area contributed by atoms with E-state index in [0.29, 0.717) is 23.1 Å². The Hall–Kier alpha value is -1.23. The highest BCUT2D eigenvalue weighted by Crippen LogP contribution is 2.29. The van der Waals surface area contributed by atoms with Gasteiger partial charge >= 0.3 is 6.18 Å². The maximum absolute atomic E-state index is 12.4. The van der Waals surface area contributed by atoms with Crippen molar-refractivity contribution in [3.05, 3.63) is 69.2 Å². The summed E-state index contributed by atoms with van der Waals surface area (Å²) in [6.45, 7) is 0.932. The molecule has 0 saturated heterocycles. The van der Waals surface area contributed by atoms with Crippen LogP contribution in [0.4, 0.5) is 13.2 Å². The highest BCUT2D eigenvalue weighted by atomic mass is 35.5. The Bertz CT molecular complexity index is 609. The standard InChI is InChI=1S/C15H12Cl2F3N/c16-13-5-6-14(17)11(7-13)9-21-8-10-1-3-12(4-2-10)15(18,19)20/h1-7,21H,8-9H2. The summed E-state index contributed by atoms with van der Waals surface area (Å²) >= 11 is 11.9. The first-order chi connectivity index (χ1) is 9.86. The zero-order valence-electron chi connectivity index (χ0n) is 10.8. The van der Waals surface area contributed by atoms with E-state index in [1.807, 2.05) is 0 Å². The van der Waals surface area contributed by atoms with Crippen molar-refractivity contribution >= 4 is 23.2 Å². The first-order valence-electron chi connectivity index (χ1n) is 6.17. The molecule has 1 N–H and O–H groups in total. The Morgan fingerprint density at radius 3 is 2.19 bits per heavy atom. The van der Waals surface area contributed by atoms with Gasteiger partial charge in [-0.2, -0.15) is 13.2 Å². The van der Waals surface area contributed by atoms with Gasteiger partial charge < -0.3 is 5.32 Å². The summed E-state index contributed by atoms with van der Waals surface area (Å²) in [5, 5.41) is 4.31. The van der Waals surface area contributed by atoms with Crippen LogP contribution in [0.5, 0.6) is 0 Å². The van der Waals surface area contributed by atoms with E-state index in [-0.39, 0.29) is 0 Å². The maximum Gasteiger partial charge on any atom is 0.416 e. The molecule has 2 aromatic carbocycles. The van der Waals surface area contributed by atoms with Crippen molar-refractivity contribution in [3.63, 3.8) is 0 Å². The Kier molecular flexibility index (Phi) is 5.14. The first-order valence-corrected chi connectivity index (χ1v) is 6.92. The van der Waals surface area contributed by atoms with Crippen LogP contribution in [-0.2, 0) is 19.3 Å². The average Bonchev–Trinajstić information content (AvgIpc) is 2.42. The van der Waals surface area contributed by atoms with Gasteiger partial charge in [0.25, 0.3) is 0 Å². The second-order valence-corrected chi connectivity index (χ2v) is 5.38. The third-order valence-corrected chi connectivity index (χ3v) is 3.54. The van der Waals surface area contributed by atoms with E-state index < -0.39 is 11.7 Å². The number of hydrogen-bond donors (Lipinski definition) is 1. The minimum atomic E-state index is -4.31. The molecule has 0 aliphatic carbocycles. The molecule has 0 heterocycles. The molecule has 0 bridgehead atoms. The predicted molar refractivity (Wildman–Crippen MR) is 78.4 cm³/mol. The summed E-state index contributed by atoms with van der Waals surface area (Å²) in [5.41, 5.74) is 0.960. The maximum atomic E-state index is 12.4. The highest BCUT2D eigenvalue weighted by Gasteiger charge is 2.29. The van der Waals surface area contributed by atoms with E-state index in [9.17, 15) is 13.2 Å². The molecule has 112 valence electrons. The van der Waals surface area contributed by atoms with Crippen molar-refractivity contribution in [1.82, 2.24) is 5.32 Å². The molecule has 0 fully saturated rings. The van der Waals surface area contributed by atoms with Gasteiger partial charge in [-0.3, -0.25) is 0 Å². The normalized spacial score (nSPS) is 11.7. The summed E-state index contributed by atoms with van der Waals surface area (Å²) in [6.07, 6.45) is -4.31. The molecule has 2 rings (SSSR count). The second-order valence-electron chi connectivity index (χ2n) is 4.53. The Morgan fingerprint density at radius 2 is 1.57 bits per heavy atom. The molecule has 0 spiro atoms. The van der Waals surface area contributed by atoms with Crippen LogP contribution >= 0.6 is 23.2 Å². The molecule has 2 aromatic rings. The van der Waals surface area contributed by atoms with Gasteiger partial charge in [-0.1, -0.05) is 35.3 Å². The quantitative estimate of drug-likeness (QED) is 0.800. The molecule has 0 aromatic heterocycles. The summed E-state index contributed by atoms with van der Waals surface area (Å²) in [5.74, 6) is 0. The van der Waals surface area contributed by atoms with E-state index in [2.05, 4.69) is 5.32 Å². The fourth-order valence-corrected chi connectivity index (χ4v) is 2.21. The van der Waals surface area contributed by atoms with Crippen LogP contribution < -0.4 is 5.32 Å². The van der Waals surface area contributed by atoms with Crippen LogP contribution in [-0.4, -0.2) is 0 Å². The number of rotatable bonds is 4. The molecule has 0 aliphatic rings. The SMILES string of the molecule is FC(F)(F)c1ccc(CNCc2cc(Cl)ccc2Cl)cc1. The van der Waals surface area contributed by atoms with Gasteiger partial charge in [0.15, 0.2) is 0 Å². The molecule has 0 unspecified atom stereocenters. The van der Waals surface area contributed by atoms with E-state index in [4.69, 9.17) is 23.2 Å². The average molecular weight is 334 g/mol. The number of hydrogen-bond acceptors (Lipinski definition) is 1. The molecule has 6 heteroatoms. The van der Waals surface area contributed by atoms with E-state index in [0.717, 1.165) is 23.3 Å². The summed E-state index contributed by atoms with van der Waals surface area (Å²) < 4.78 is 37.3. The summed E-state index contributed by atoms with van der Waals surface area (Å²) in [4.78, 5) is 0. The lowest BCUT2D eigenvalue weighted by Gasteiger charge is -2.09. The van der Waals surface area contributed by atoms with Crippen LogP contribution in [0.3, 0.4) is 0 Å². The van der Waals surface area contributed by atoms with Crippen molar-refractivity contribution < 1.29 is 13.2 Å². The third-order valence-electron chi connectivity index (χ3n) is 2.93. The lowest BCUT2D eigenvalue weighted by Crippen LogP contribution is -2.13. The van der Waals surface area contributed by atoms with Crippen molar-refractivity contribution in [3.8, 4) is 0 Å². The number of nitrogens with one attached hydrogen (secondary N) is 1. The van der Waals surface area contributed by atoms with Gasteiger partial charge in [-0.25, -0.2) is 0 Å². The monoisotopic (exact) mass is 333 g/mol. The molecule has 0 saturated carbocycles. The van der Waals surface area contributed by atoms with E-state index >= 15 is 0 Å². The lowest BCUT2D eigenvalue weighted by molar-refractivity contribution is -0.137. The summed E-state index contributed by atoms with van der Waals surface area (Å²) in [7, 11) is 0. The highest BCUT2D eigenvalue weighted by molar-refractivity contribution is 6.33. The molecule has 0 radical (unpaired) electrons. The predicted octanol–water partition coefficient (Wildman–Crippen LogP) is 5.30. The van der Waals surface area contributed by atoms with Gasteiger partial charge in [0.1, 0.15) is 0 Å². The smallest absolute Gasteiger partial charge is 0.309 e. The van der Waals surface area contributed by atoms with Crippen LogP contribution in [0.2, 0.25) is 10.0 Å². The van der Waals surface area contributed by atoms with Gasteiger partial charge in [0, 0.05) is 23.1 Å². The topological polar surface area (TPSA) is 12.0 Å². The van der Waals surface area contributed by atoms with Crippen molar-refractivity contribution in [2.45, 2.75) is 19.3 Å². The van der Waals surface area contributed by atoms with Crippen LogP contribution in [0.25, 0.3) is 0 Å². The Balaban J connectivity index is 1.93. The van der Waals surface area contributed by atoms with Crippen LogP contribution in [0, 0.1) is 0 Å². The fourth-order valence-electron chi connectivity index (χ4n) is 1.83. The van der Waals surface area contributed by atoms with Crippen LogP contribution in [0.1, 0.15) is 16.7 Å². The van der Waals surface area contributed by atoms with Crippen molar-refractivity contribution in [2.24, 2.45) is 0 Å². The molecular formula is C15H12Cl2F3N. The lowest BCUT2D eigenvalue weighted by atomic mass is 10.1. The van der Waals surface area contributed by atoms with Crippen molar-refractivity contribution in [2.75, 3.05) is 0 Å². The zero-order chi connectivity index (χ0) is 15.5. The van der Waals surface area contributed by atoms with Gasteiger partial charge in [0.05, 0.1) is 5.56 Å². The minimum absolute atomic E-state index is 0.445. The molecule has 0 amide bonds. The molecule has 0 atom stereocenters. The van der Waals surface area contributed by atoms with Crippen LogP contribution in [0.15, 0.2) is 42.5 Å². The second kappa shape index (κ2) is 6.69. The number of halogens is 5. The van der Waals surface area contributed by atoms with Gasteiger partial charge in [-0.05, 0) is 41.5 Å². The minimum Gasteiger partial charge on any atom is -0.309 e. The Morgan fingerprint density at radius 1 is 0.905 bits per heavy atom. The third kappa shape index (κ3) is 4.63. The van der Waals surface area contributed by atoms with Crippen molar-refractivity contribution in [1.29, 1.82) is 0 Å².